The number of amides is 1. The van der Waals surface area contributed by atoms with Crippen molar-refractivity contribution in [1.82, 2.24) is 19.9 Å². The van der Waals surface area contributed by atoms with Crippen molar-refractivity contribution < 1.29 is 9.53 Å². The molecule has 0 radical (unpaired) electrons. The van der Waals surface area contributed by atoms with Crippen molar-refractivity contribution >= 4 is 34.4 Å². The summed E-state index contributed by atoms with van der Waals surface area (Å²) in [6.07, 6.45) is 3.53. The number of anilines is 3. The first-order valence-electron chi connectivity index (χ1n) is 12.1. The van der Waals surface area contributed by atoms with Crippen LogP contribution in [-0.4, -0.2) is 40.6 Å². The molecular weight excluding hydrogens is 470 g/mol. The highest BCUT2D eigenvalue weighted by atomic mass is 16.5. The van der Waals surface area contributed by atoms with Crippen molar-refractivity contribution in [3.8, 4) is 11.4 Å². The first-order valence-corrected chi connectivity index (χ1v) is 12.1. The van der Waals surface area contributed by atoms with E-state index in [2.05, 4.69) is 26.7 Å². The van der Waals surface area contributed by atoms with E-state index in [1.54, 1.807) is 11.7 Å². The second-order valence-electron chi connectivity index (χ2n) is 9.16. The van der Waals surface area contributed by atoms with Crippen molar-refractivity contribution in [2.75, 3.05) is 31.2 Å². The highest BCUT2D eigenvalue weighted by molar-refractivity contribution is 6.01. The minimum atomic E-state index is -0.911. The first-order chi connectivity index (χ1) is 17.9. The van der Waals surface area contributed by atoms with E-state index >= 15 is 0 Å². The molecule has 3 heterocycles. The number of aromatic nitrogens is 3. The molecule has 0 unspecified atom stereocenters. The van der Waals surface area contributed by atoms with Gasteiger partial charge in [-0.15, -0.1) is 0 Å². The number of piperidine rings is 1. The maximum atomic E-state index is 13.1. The molecule has 6 N–H and O–H groups in total. The lowest BCUT2D eigenvalue weighted by Crippen LogP contribution is -2.27. The van der Waals surface area contributed by atoms with E-state index in [9.17, 15) is 9.59 Å². The van der Waals surface area contributed by atoms with E-state index in [-0.39, 0.29) is 28.4 Å². The van der Waals surface area contributed by atoms with Gasteiger partial charge in [-0.05, 0) is 68.6 Å². The fourth-order valence-electron chi connectivity index (χ4n) is 4.77. The van der Waals surface area contributed by atoms with Gasteiger partial charge in [-0.2, -0.15) is 4.98 Å². The smallest absolute Gasteiger partial charge is 0.256 e. The Morgan fingerprint density at radius 3 is 2.57 bits per heavy atom. The standard InChI is InChI=1S/C27H29N7O3/c1-15-3-6-18(7-4-15)34-24(28)22(25(29)36)23(35)19-14-31-27(33-26(19)34)32-20-8-5-17(13-21(20)37-2)16-9-11-30-12-10-16/h3-8,13-14,16,30H,9-12,28H2,1-2H3,(H2,29,36)(H,31,32,33). The fraction of sp³-hybridized carbons (Fsp3) is 0.259. The molecule has 190 valence electrons. The molecule has 10 nitrogen and oxygen atoms in total. The van der Waals surface area contributed by atoms with Crippen LogP contribution in [0.15, 0.2) is 53.5 Å². The zero-order valence-corrected chi connectivity index (χ0v) is 20.7. The van der Waals surface area contributed by atoms with Gasteiger partial charge in [0.1, 0.15) is 17.1 Å². The lowest BCUT2D eigenvalue weighted by atomic mass is 9.90. The highest BCUT2D eigenvalue weighted by Gasteiger charge is 2.22. The van der Waals surface area contributed by atoms with Gasteiger partial charge in [-0.25, -0.2) is 4.98 Å². The number of hydrogen-bond donors (Lipinski definition) is 4. The summed E-state index contributed by atoms with van der Waals surface area (Å²) in [5.74, 6) is 0.395. The molecular formula is C27H29N7O3. The molecule has 1 aliphatic rings. The largest absolute Gasteiger partial charge is 0.495 e. The number of benzene rings is 2. The van der Waals surface area contributed by atoms with Gasteiger partial charge < -0.3 is 26.8 Å². The van der Waals surface area contributed by atoms with Crippen LogP contribution in [0, 0.1) is 6.92 Å². The molecule has 1 fully saturated rings. The lowest BCUT2D eigenvalue weighted by Gasteiger charge is -2.24. The van der Waals surface area contributed by atoms with Crippen LogP contribution in [0.1, 0.15) is 40.2 Å². The quantitative estimate of drug-likeness (QED) is 0.316. The van der Waals surface area contributed by atoms with Crippen molar-refractivity contribution in [3.05, 3.63) is 75.6 Å². The molecule has 37 heavy (non-hydrogen) atoms. The number of aryl methyl sites for hydroxylation is 1. The Kier molecular flexibility index (Phi) is 6.49. The van der Waals surface area contributed by atoms with Gasteiger partial charge >= 0.3 is 0 Å². The van der Waals surface area contributed by atoms with Crippen LogP contribution in [-0.2, 0) is 0 Å². The van der Waals surface area contributed by atoms with Gasteiger partial charge in [0, 0.05) is 11.9 Å². The zero-order valence-electron chi connectivity index (χ0n) is 20.7. The fourth-order valence-corrected chi connectivity index (χ4v) is 4.77. The number of fused-ring (bicyclic) bond motifs is 1. The van der Waals surface area contributed by atoms with Crippen molar-refractivity contribution in [1.29, 1.82) is 0 Å². The molecule has 0 atom stereocenters. The zero-order chi connectivity index (χ0) is 26.1. The number of nitrogens with two attached hydrogens (primary N) is 2. The number of carbonyl (C=O) groups is 1. The Balaban J connectivity index is 1.60. The van der Waals surface area contributed by atoms with Gasteiger partial charge in [0.25, 0.3) is 5.91 Å². The molecule has 0 bridgehead atoms. The van der Waals surface area contributed by atoms with E-state index < -0.39 is 11.3 Å². The van der Waals surface area contributed by atoms with Gasteiger partial charge in [0.05, 0.1) is 18.2 Å². The lowest BCUT2D eigenvalue weighted by molar-refractivity contribution is 0.1000. The molecule has 0 spiro atoms. The number of primary amides is 1. The SMILES string of the molecule is COc1cc(C2CCNCC2)ccc1Nc1ncc2c(=O)c(C(N)=O)c(N)n(-c3ccc(C)cc3)c2n1. The van der Waals surface area contributed by atoms with Crippen LogP contribution in [0.3, 0.4) is 0 Å². The van der Waals surface area contributed by atoms with E-state index in [4.69, 9.17) is 16.2 Å². The summed E-state index contributed by atoms with van der Waals surface area (Å²) in [5, 5.41) is 6.72. The van der Waals surface area contributed by atoms with Crippen molar-refractivity contribution in [2.24, 2.45) is 5.73 Å². The number of ether oxygens (including phenoxy) is 1. The molecule has 1 amide bonds. The molecule has 1 saturated heterocycles. The van der Waals surface area contributed by atoms with Gasteiger partial charge in [0.15, 0.2) is 5.65 Å². The Bertz CT molecular complexity index is 1540. The maximum Gasteiger partial charge on any atom is 0.256 e. The van der Waals surface area contributed by atoms with E-state index in [1.165, 1.54) is 11.8 Å². The summed E-state index contributed by atoms with van der Waals surface area (Å²) in [5.41, 5.74) is 14.7. The number of methoxy groups -OCH3 is 1. The summed E-state index contributed by atoms with van der Waals surface area (Å²) < 4.78 is 7.20. The Hall–Kier alpha value is -4.44. The number of nitrogens with one attached hydrogen (secondary N) is 2. The van der Waals surface area contributed by atoms with E-state index in [0.717, 1.165) is 31.5 Å². The van der Waals surface area contributed by atoms with Crippen molar-refractivity contribution in [2.45, 2.75) is 25.7 Å². The van der Waals surface area contributed by atoms with E-state index in [1.807, 2.05) is 43.3 Å². The molecule has 0 aliphatic carbocycles. The summed E-state index contributed by atoms with van der Waals surface area (Å²) >= 11 is 0. The second-order valence-corrected chi connectivity index (χ2v) is 9.16. The normalized spacial score (nSPS) is 14.0. The molecule has 5 rings (SSSR count). The predicted octanol–water partition coefficient (Wildman–Crippen LogP) is 2.99. The summed E-state index contributed by atoms with van der Waals surface area (Å²) in [4.78, 5) is 34.1. The number of carbonyl (C=O) groups excluding carboxylic acids is 1. The number of rotatable bonds is 6. The Morgan fingerprint density at radius 2 is 1.89 bits per heavy atom. The van der Waals surface area contributed by atoms with Crippen LogP contribution in [0.4, 0.5) is 17.5 Å². The maximum absolute atomic E-state index is 13.1. The van der Waals surface area contributed by atoms with Gasteiger partial charge in [-0.3, -0.25) is 14.2 Å². The average molecular weight is 500 g/mol. The van der Waals surface area contributed by atoms with Crippen LogP contribution < -0.4 is 32.3 Å². The molecule has 4 aromatic rings. The third kappa shape index (κ3) is 4.58. The molecule has 10 heteroatoms. The Labute approximate surface area is 213 Å². The Morgan fingerprint density at radius 1 is 1.16 bits per heavy atom. The van der Waals surface area contributed by atoms with Crippen LogP contribution >= 0.6 is 0 Å². The molecule has 1 aliphatic heterocycles. The molecule has 2 aromatic heterocycles. The topological polar surface area (TPSA) is 150 Å². The highest BCUT2D eigenvalue weighted by Crippen LogP contribution is 2.34. The van der Waals surface area contributed by atoms with Gasteiger partial charge in [-0.1, -0.05) is 23.8 Å². The minimum Gasteiger partial charge on any atom is -0.495 e. The third-order valence-electron chi connectivity index (χ3n) is 6.77. The summed E-state index contributed by atoms with van der Waals surface area (Å²) in [6.45, 7) is 3.96. The van der Waals surface area contributed by atoms with Gasteiger partial charge in [0.2, 0.25) is 11.4 Å². The second kappa shape index (κ2) is 9.90. The number of hydrogen-bond acceptors (Lipinski definition) is 8. The number of pyridine rings is 1. The monoisotopic (exact) mass is 499 g/mol. The summed E-state index contributed by atoms with van der Waals surface area (Å²) in [7, 11) is 1.62. The van der Waals surface area contributed by atoms with Crippen LogP contribution in [0.2, 0.25) is 0 Å². The number of nitrogens with zero attached hydrogens (tertiary/aromatic N) is 3. The predicted molar refractivity (Wildman–Crippen MR) is 144 cm³/mol. The van der Waals surface area contributed by atoms with Crippen molar-refractivity contribution in [3.63, 3.8) is 0 Å². The minimum absolute atomic E-state index is 0.0811. The summed E-state index contributed by atoms with van der Waals surface area (Å²) in [6, 6.07) is 13.5. The van der Waals surface area contributed by atoms with Crippen LogP contribution in [0.25, 0.3) is 16.7 Å². The average Bonchev–Trinajstić information content (AvgIpc) is 2.90. The molecule has 0 saturated carbocycles. The third-order valence-corrected chi connectivity index (χ3v) is 6.77. The number of nitrogen functional groups attached to an aromatic ring is 1. The van der Waals surface area contributed by atoms with Crippen LogP contribution in [0.5, 0.6) is 5.75 Å². The molecule has 2 aromatic carbocycles. The first kappa shape index (κ1) is 24.3. The van der Waals surface area contributed by atoms with E-state index in [0.29, 0.717) is 23.0 Å².